The van der Waals surface area contributed by atoms with Gasteiger partial charge in [0.05, 0.1) is 0 Å². The van der Waals surface area contributed by atoms with Gasteiger partial charge in [-0.15, -0.1) is 0 Å². The minimum absolute atomic E-state index is 0.394. The molecule has 1 amide bonds. The van der Waals surface area contributed by atoms with Crippen LogP contribution in [0.3, 0.4) is 0 Å². The second-order valence-electron chi connectivity index (χ2n) is 3.81. The Balaban J connectivity index is 2.14. The van der Waals surface area contributed by atoms with E-state index in [4.69, 9.17) is 0 Å². The van der Waals surface area contributed by atoms with Crippen molar-refractivity contribution in [3.05, 3.63) is 0 Å². The summed E-state index contributed by atoms with van der Waals surface area (Å²) in [5.41, 5.74) is 0. The standard InChI is InChI=1S/C9H15NO/c1-7-4-5-9(11)10-6-2-3-8(7)10/h7-8H,2-6H2,1H3/t7-,8+/m1/s1. The van der Waals surface area contributed by atoms with Crippen LogP contribution in [0.5, 0.6) is 0 Å². The summed E-state index contributed by atoms with van der Waals surface area (Å²) in [5, 5.41) is 0. The van der Waals surface area contributed by atoms with Gasteiger partial charge in [-0.3, -0.25) is 4.79 Å². The maximum Gasteiger partial charge on any atom is 0.222 e. The van der Waals surface area contributed by atoms with E-state index in [-0.39, 0.29) is 0 Å². The second kappa shape index (κ2) is 2.50. The van der Waals surface area contributed by atoms with Crippen molar-refractivity contribution in [3.8, 4) is 0 Å². The number of carbonyl (C=O) groups excluding carboxylic acids is 1. The molecule has 2 atom stereocenters. The quantitative estimate of drug-likeness (QED) is 0.515. The predicted octanol–water partition coefficient (Wildman–Crippen LogP) is 1.41. The first-order valence-electron chi connectivity index (χ1n) is 4.58. The van der Waals surface area contributed by atoms with E-state index >= 15 is 0 Å². The van der Waals surface area contributed by atoms with Gasteiger partial charge < -0.3 is 4.90 Å². The van der Waals surface area contributed by atoms with Crippen LogP contribution in [0.1, 0.15) is 32.6 Å². The summed E-state index contributed by atoms with van der Waals surface area (Å²) in [5.74, 6) is 1.14. The Hall–Kier alpha value is -0.530. The van der Waals surface area contributed by atoms with Gasteiger partial charge in [0.1, 0.15) is 0 Å². The van der Waals surface area contributed by atoms with Gasteiger partial charge in [-0.05, 0) is 25.2 Å². The molecule has 0 aliphatic carbocycles. The molecule has 0 N–H and O–H groups in total. The maximum atomic E-state index is 11.3. The SMILES string of the molecule is C[C@@H]1CCC(=O)N2CCC[C@@H]12. The lowest BCUT2D eigenvalue weighted by atomic mass is 9.91. The highest BCUT2D eigenvalue weighted by molar-refractivity contribution is 5.77. The zero-order valence-electron chi connectivity index (χ0n) is 7.05. The lowest BCUT2D eigenvalue weighted by molar-refractivity contribution is -0.136. The van der Waals surface area contributed by atoms with Crippen molar-refractivity contribution in [1.29, 1.82) is 0 Å². The molecular formula is C9H15NO. The van der Waals surface area contributed by atoms with Gasteiger partial charge in [-0.25, -0.2) is 0 Å². The zero-order chi connectivity index (χ0) is 7.84. The summed E-state index contributed by atoms with van der Waals surface area (Å²) < 4.78 is 0. The molecule has 62 valence electrons. The Morgan fingerprint density at radius 3 is 3.00 bits per heavy atom. The van der Waals surface area contributed by atoms with E-state index in [1.54, 1.807) is 0 Å². The van der Waals surface area contributed by atoms with Gasteiger partial charge in [0.15, 0.2) is 0 Å². The molecule has 0 radical (unpaired) electrons. The number of carbonyl (C=O) groups is 1. The zero-order valence-corrected chi connectivity index (χ0v) is 7.05. The van der Waals surface area contributed by atoms with E-state index in [9.17, 15) is 4.79 Å². The Labute approximate surface area is 67.6 Å². The van der Waals surface area contributed by atoms with Crippen LogP contribution in [0.25, 0.3) is 0 Å². The average molecular weight is 153 g/mol. The lowest BCUT2D eigenvalue weighted by Crippen LogP contribution is -2.43. The molecule has 0 bridgehead atoms. The molecule has 2 nitrogen and oxygen atoms in total. The Morgan fingerprint density at radius 1 is 1.45 bits per heavy atom. The number of rotatable bonds is 0. The molecule has 0 saturated carbocycles. The van der Waals surface area contributed by atoms with Gasteiger partial charge in [-0.1, -0.05) is 6.92 Å². The van der Waals surface area contributed by atoms with Crippen LogP contribution in [-0.4, -0.2) is 23.4 Å². The fraction of sp³-hybridized carbons (Fsp3) is 0.889. The summed E-state index contributed by atoms with van der Waals surface area (Å²) in [4.78, 5) is 13.4. The second-order valence-corrected chi connectivity index (χ2v) is 3.81. The lowest BCUT2D eigenvalue weighted by Gasteiger charge is -2.34. The van der Waals surface area contributed by atoms with Crippen LogP contribution in [0.2, 0.25) is 0 Å². The number of hydrogen-bond acceptors (Lipinski definition) is 1. The Morgan fingerprint density at radius 2 is 2.27 bits per heavy atom. The third-order valence-electron chi connectivity index (χ3n) is 3.09. The first-order chi connectivity index (χ1) is 5.29. The summed E-state index contributed by atoms with van der Waals surface area (Å²) in [7, 11) is 0. The third kappa shape index (κ3) is 1.05. The molecule has 0 aromatic carbocycles. The highest BCUT2D eigenvalue weighted by atomic mass is 16.2. The van der Waals surface area contributed by atoms with Crippen molar-refractivity contribution in [3.63, 3.8) is 0 Å². The van der Waals surface area contributed by atoms with Crippen molar-refractivity contribution >= 4 is 5.91 Å². The largest absolute Gasteiger partial charge is 0.339 e. The van der Waals surface area contributed by atoms with Gasteiger partial charge in [0.25, 0.3) is 0 Å². The van der Waals surface area contributed by atoms with E-state index in [0.29, 0.717) is 11.9 Å². The molecule has 11 heavy (non-hydrogen) atoms. The van der Waals surface area contributed by atoms with Crippen LogP contribution in [0.4, 0.5) is 0 Å². The van der Waals surface area contributed by atoms with Crippen molar-refractivity contribution in [2.75, 3.05) is 6.54 Å². The minimum atomic E-state index is 0.394. The van der Waals surface area contributed by atoms with Gasteiger partial charge in [0, 0.05) is 19.0 Å². The highest BCUT2D eigenvalue weighted by Gasteiger charge is 2.35. The van der Waals surface area contributed by atoms with E-state index in [2.05, 4.69) is 11.8 Å². The fourth-order valence-electron chi connectivity index (χ4n) is 2.38. The summed E-state index contributed by atoms with van der Waals surface area (Å²) in [6, 6.07) is 0.594. The number of fused-ring (bicyclic) bond motifs is 1. The normalized spacial score (nSPS) is 37.5. The van der Waals surface area contributed by atoms with Crippen LogP contribution in [0.15, 0.2) is 0 Å². The molecule has 2 rings (SSSR count). The third-order valence-corrected chi connectivity index (χ3v) is 3.09. The Bertz CT molecular complexity index is 178. The maximum absolute atomic E-state index is 11.3. The summed E-state index contributed by atoms with van der Waals surface area (Å²) in [6.07, 6.45) is 4.37. The highest BCUT2D eigenvalue weighted by Crippen LogP contribution is 2.31. The average Bonchev–Trinajstić information content (AvgIpc) is 2.45. The number of amides is 1. The molecule has 0 unspecified atom stereocenters. The van der Waals surface area contributed by atoms with Crippen LogP contribution in [0, 0.1) is 5.92 Å². The molecule has 0 spiro atoms. The van der Waals surface area contributed by atoms with E-state index in [0.717, 1.165) is 25.3 Å². The molecular weight excluding hydrogens is 138 g/mol. The molecule has 2 aliphatic rings. The van der Waals surface area contributed by atoms with Crippen molar-refractivity contribution < 1.29 is 4.79 Å². The minimum Gasteiger partial charge on any atom is -0.339 e. The Kier molecular flexibility index (Phi) is 1.63. The van der Waals surface area contributed by atoms with E-state index < -0.39 is 0 Å². The molecule has 0 aromatic heterocycles. The van der Waals surface area contributed by atoms with Crippen molar-refractivity contribution in [1.82, 2.24) is 4.90 Å². The van der Waals surface area contributed by atoms with Crippen LogP contribution in [-0.2, 0) is 4.79 Å². The van der Waals surface area contributed by atoms with Gasteiger partial charge in [-0.2, -0.15) is 0 Å². The van der Waals surface area contributed by atoms with Gasteiger partial charge >= 0.3 is 0 Å². The van der Waals surface area contributed by atoms with E-state index in [1.165, 1.54) is 12.8 Å². The number of hydrogen-bond donors (Lipinski definition) is 0. The molecule has 2 aliphatic heterocycles. The van der Waals surface area contributed by atoms with Crippen molar-refractivity contribution in [2.45, 2.75) is 38.6 Å². The van der Waals surface area contributed by atoms with Crippen LogP contribution >= 0.6 is 0 Å². The molecule has 2 heteroatoms. The molecule has 2 fully saturated rings. The van der Waals surface area contributed by atoms with Crippen LogP contribution < -0.4 is 0 Å². The number of nitrogens with zero attached hydrogens (tertiary/aromatic N) is 1. The molecule has 2 saturated heterocycles. The van der Waals surface area contributed by atoms with Gasteiger partial charge in [0.2, 0.25) is 5.91 Å². The first-order valence-corrected chi connectivity index (χ1v) is 4.58. The fourth-order valence-corrected chi connectivity index (χ4v) is 2.38. The monoisotopic (exact) mass is 153 g/mol. The topological polar surface area (TPSA) is 20.3 Å². The molecule has 2 heterocycles. The number of piperidine rings is 1. The molecule has 0 aromatic rings. The summed E-state index contributed by atoms with van der Waals surface area (Å²) in [6.45, 7) is 3.29. The smallest absolute Gasteiger partial charge is 0.222 e. The summed E-state index contributed by atoms with van der Waals surface area (Å²) >= 11 is 0. The van der Waals surface area contributed by atoms with Crippen molar-refractivity contribution in [2.24, 2.45) is 5.92 Å². The first kappa shape index (κ1) is 7.14. The predicted molar refractivity (Wildman–Crippen MR) is 43.1 cm³/mol. The van der Waals surface area contributed by atoms with E-state index in [1.807, 2.05) is 0 Å².